The zero-order chi connectivity index (χ0) is 30.7. The summed E-state index contributed by atoms with van der Waals surface area (Å²) < 4.78 is 26.8. The number of aromatic hydroxyl groups is 1. The molecule has 1 saturated carbocycles. The van der Waals surface area contributed by atoms with Gasteiger partial charge < -0.3 is 24.8 Å². The van der Waals surface area contributed by atoms with Crippen LogP contribution >= 0.6 is 11.6 Å². The molecule has 11 heteroatoms. The lowest BCUT2D eigenvalue weighted by molar-refractivity contribution is 0.0231. The van der Waals surface area contributed by atoms with E-state index in [4.69, 9.17) is 42.4 Å². The van der Waals surface area contributed by atoms with Gasteiger partial charge in [0.1, 0.15) is 22.2 Å². The number of phenols is 1. The number of benzene rings is 2. The second-order valence-corrected chi connectivity index (χ2v) is 13.3. The van der Waals surface area contributed by atoms with Gasteiger partial charge in [-0.1, -0.05) is 23.6 Å². The summed E-state index contributed by atoms with van der Waals surface area (Å²) in [4.78, 5) is 19.3. The van der Waals surface area contributed by atoms with Gasteiger partial charge in [-0.05, 0) is 60.9 Å². The third kappa shape index (κ3) is 5.42. The maximum absolute atomic E-state index is 14.9. The molecule has 2 N–H and O–H groups in total. The number of morpholine rings is 1. The summed E-state index contributed by atoms with van der Waals surface area (Å²) in [5.41, 5.74) is 2.26. The number of ether oxygens (including phenoxy) is 2. The Morgan fingerprint density at radius 1 is 1.09 bits per heavy atom. The largest absolute Gasteiger partial charge is 0.508 e. The average Bonchev–Trinajstić information content (AvgIpc) is 3.73. The van der Waals surface area contributed by atoms with E-state index < -0.39 is 5.82 Å². The summed E-state index contributed by atoms with van der Waals surface area (Å²) in [7, 11) is 0. The van der Waals surface area contributed by atoms with E-state index in [1.165, 1.54) is 12.1 Å². The normalized spacial score (nSPS) is 22.6. The summed E-state index contributed by atoms with van der Waals surface area (Å²) >= 11 is 6.90. The summed E-state index contributed by atoms with van der Waals surface area (Å²) in [5.74, 6) is 2.64. The summed E-state index contributed by atoms with van der Waals surface area (Å²) in [5, 5.41) is 15.5. The number of aromatic nitrogens is 3. The third-order valence-corrected chi connectivity index (χ3v) is 10.0. The van der Waals surface area contributed by atoms with Crippen LogP contribution in [0.25, 0.3) is 32.9 Å². The van der Waals surface area contributed by atoms with E-state index in [2.05, 4.69) is 21.0 Å². The molecule has 4 aliphatic rings. The number of nitrogens with zero attached hydrogens (tertiary/aromatic N) is 5. The second kappa shape index (κ2) is 11.2. The minimum absolute atomic E-state index is 0.00179. The fourth-order valence-corrected chi connectivity index (χ4v) is 7.44. The molecule has 4 fully saturated rings. The predicted molar refractivity (Wildman–Crippen MR) is 171 cm³/mol. The van der Waals surface area contributed by atoms with Gasteiger partial charge in [0, 0.05) is 61.2 Å². The zero-order valence-corrected chi connectivity index (χ0v) is 25.6. The van der Waals surface area contributed by atoms with Crippen molar-refractivity contribution in [1.29, 1.82) is 0 Å². The van der Waals surface area contributed by atoms with Crippen molar-refractivity contribution in [1.82, 2.24) is 25.2 Å². The first-order valence-electron chi connectivity index (χ1n) is 15.6. The maximum atomic E-state index is 14.9. The topological polar surface area (TPSA) is 95.9 Å². The van der Waals surface area contributed by atoms with Gasteiger partial charge in [-0.25, -0.2) is 9.37 Å². The van der Waals surface area contributed by atoms with Crippen molar-refractivity contribution in [3.63, 3.8) is 0 Å². The molecule has 45 heavy (non-hydrogen) atoms. The molecule has 8 rings (SSSR count). The van der Waals surface area contributed by atoms with Crippen LogP contribution < -0.4 is 15.0 Å². The number of phenolic OH excluding ortho intramolecular Hbond substituents is 1. The van der Waals surface area contributed by atoms with E-state index >= 15 is 0 Å². The van der Waals surface area contributed by atoms with Gasteiger partial charge in [0.25, 0.3) is 0 Å². The first kappa shape index (κ1) is 28.7. The van der Waals surface area contributed by atoms with E-state index in [1.54, 1.807) is 12.1 Å². The van der Waals surface area contributed by atoms with Crippen molar-refractivity contribution < 1.29 is 19.0 Å². The molecule has 4 aromatic rings. The van der Waals surface area contributed by atoms with E-state index in [9.17, 15) is 9.50 Å². The Morgan fingerprint density at radius 2 is 1.87 bits per heavy atom. The smallest absolute Gasteiger partial charge is 0.319 e. The molecule has 0 amide bonds. The standard InChI is InChI=1S/C34H34ClFN6O3/c1-2-24-27(36)6-3-20-13-23(43)14-25(29(20)24)26-15-28-30(39-31(26)35)32(42-16-21-4-5-22(17-42)37-21)40-33(38-28)45-19-34(7-8-34)18-41-9-11-44-12-10-41/h1,3,6,13-15,21-22,37,43H,4-5,7-12,16-19H2. The molecular weight excluding hydrogens is 595 g/mol. The number of halogens is 2. The second-order valence-electron chi connectivity index (χ2n) is 12.9. The van der Waals surface area contributed by atoms with Crippen LogP contribution in [0.5, 0.6) is 11.8 Å². The Balaban J connectivity index is 1.22. The van der Waals surface area contributed by atoms with Crippen LogP contribution in [-0.2, 0) is 4.74 Å². The number of hydrogen-bond donors (Lipinski definition) is 2. The highest BCUT2D eigenvalue weighted by molar-refractivity contribution is 6.33. The average molecular weight is 629 g/mol. The van der Waals surface area contributed by atoms with Gasteiger partial charge in [-0.3, -0.25) is 4.90 Å². The Bertz CT molecular complexity index is 1840. The Labute approximate surface area is 265 Å². The van der Waals surface area contributed by atoms with Gasteiger partial charge in [-0.2, -0.15) is 9.97 Å². The van der Waals surface area contributed by atoms with E-state index in [-0.39, 0.29) is 21.9 Å². The molecule has 0 spiro atoms. The van der Waals surface area contributed by atoms with Crippen LogP contribution in [0.2, 0.25) is 5.15 Å². The molecule has 2 bridgehead atoms. The SMILES string of the molecule is C#Cc1c(F)ccc2cc(O)cc(-c3cc4nc(OCC5(CN6CCOCC6)CC5)nc(N5CC6CCC(C5)N6)c4nc3Cl)c12. The van der Waals surface area contributed by atoms with Crippen LogP contribution in [-0.4, -0.2) is 89.6 Å². The number of pyridine rings is 1. The third-order valence-electron chi connectivity index (χ3n) is 9.71. The first-order chi connectivity index (χ1) is 21.9. The molecule has 5 heterocycles. The minimum atomic E-state index is -0.526. The van der Waals surface area contributed by atoms with Gasteiger partial charge in [0.2, 0.25) is 0 Å². The number of nitrogens with one attached hydrogen (secondary N) is 1. The van der Waals surface area contributed by atoms with Crippen molar-refractivity contribution in [3.05, 3.63) is 46.9 Å². The first-order valence-corrected chi connectivity index (χ1v) is 16.0. The summed E-state index contributed by atoms with van der Waals surface area (Å²) in [6.45, 7) is 6.50. The molecule has 3 saturated heterocycles. The Kier molecular flexibility index (Phi) is 7.17. The molecule has 1 aliphatic carbocycles. The van der Waals surface area contributed by atoms with Gasteiger partial charge in [0.15, 0.2) is 5.82 Å². The van der Waals surface area contributed by atoms with Crippen LogP contribution in [0, 0.1) is 23.6 Å². The Hall–Kier alpha value is -3.75. The van der Waals surface area contributed by atoms with Crippen molar-refractivity contribution in [2.75, 3.05) is 57.4 Å². The summed E-state index contributed by atoms with van der Waals surface area (Å²) in [6.07, 6.45) is 10.2. The lowest BCUT2D eigenvalue weighted by Gasteiger charge is -2.34. The number of hydrogen-bond acceptors (Lipinski definition) is 9. The molecule has 232 valence electrons. The lowest BCUT2D eigenvalue weighted by atomic mass is 9.94. The molecule has 3 aliphatic heterocycles. The highest BCUT2D eigenvalue weighted by Crippen LogP contribution is 2.47. The molecule has 0 radical (unpaired) electrons. The van der Waals surface area contributed by atoms with Crippen LogP contribution in [0.3, 0.4) is 0 Å². The molecule has 2 aromatic heterocycles. The number of terminal acetylenes is 1. The van der Waals surface area contributed by atoms with E-state index in [0.29, 0.717) is 63.5 Å². The lowest BCUT2D eigenvalue weighted by Crippen LogP contribution is -2.51. The van der Waals surface area contributed by atoms with Gasteiger partial charge >= 0.3 is 6.01 Å². The minimum Gasteiger partial charge on any atom is -0.508 e. The van der Waals surface area contributed by atoms with Crippen molar-refractivity contribution >= 4 is 39.2 Å². The van der Waals surface area contributed by atoms with Crippen LogP contribution in [0.4, 0.5) is 10.2 Å². The van der Waals surface area contributed by atoms with Gasteiger partial charge in [-0.15, -0.1) is 6.42 Å². The van der Waals surface area contributed by atoms with Crippen molar-refractivity contribution in [3.8, 4) is 35.2 Å². The number of rotatable bonds is 7. The highest BCUT2D eigenvalue weighted by Gasteiger charge is 2.45. The molecule has 2 atom stereocenters. The molecule has 9 nitrogen and oxygen atoms in total. The number of anilines is 1. The van der Waals surface area contributed by atoms with E-state index in [0.717, 1.165) is 71.6 Å². The highest BCUT2D eigenvalue weighted by atomic mass is 35.5. The monoisotopic (exact) mass is 628 g/mol. The maximum Gasteiger partial charge on any atom is 0.319 e. The fourth-order valence-electron chi connectivity index (χ4n) is 7.20. The molecule has 2 unspecified atom stereocenters. The van der Waals surface area contributed by atoms with Crippen molar-refractivity contribution in [2.24, 2.45) is 5.41 Å². The molecular formula is C34H34ClFN6O3. The Morgan fingerprint density at radius 3 is 2.60 bits per heavy atom. The molecule has 2 aromatic carbocycles. The number of fused-ring (bicyclic) bond motifs is 4. The zero-order valence-electron chi connectivity index (χ0n) is 24.9. The quantitative estimate of drug-likeness (QED) is 0.222. The van der Waals surface area contributed by atoms with Crippen LogP contribution in [0.1, 0.15) is 31.2 Å². The van der Waals surface area contributed by atoms with Crippen molar-refractivity contribution in [2.45, 2.75) is 37.8 Å². The summed E-state index contributed by atoms with van der Waals surface area (Å²) in [6, 6.07) is 8.86. The fraction of sp³-hybridized carbons (Fsp3) is 0.441. The van der Waals surface area contributed by atoms with E-state index in [1.807, 2.05) is 6.07 Å². The van der Waals surface area contributed by atoms with Crippen LogP contribution in [0.15, 0.2) is 30.3 Å². The number of piperazine rings is 1. The predicted octanol–water partition coefficient (Wildman–Crippen LogP) is 4.76. The van der Waals surface area contributed by atoms with Gasteiger partial charge in [0.05, 0.1) is 30.9 Å².